The number of nitriles is 2. The van der Waals surface area contributed by atoms with Gasteiger partial charge in [0, 0.05) is 13.0 Å². The number of aromatic nitrogens is 6. The van der Waals surface area contributed by atoms with Crippen LogP contribution in [0.2, 0.25) is 0 Å². The van der Waals surface area contributed by atoms with Gasteiger partial charge in [0.1, 0.15) is 84.4 Å². The van der Waals surface area contributed by atoms with Crippen LogP contribution >= 0.6 is 15.3 Å². The minimum atomic E-state index is -4.55. The molecule has 6 heterocycles. The Kier molecular flexibility index (Phi) is 23.3. The van der Waals surface area contributed by atoms with Gasteiger partial charge in [-0.25, -0.2) is 34.4 Å². The van der Waals surface area contributed by atoms with Crippen molar-refractivity contribution in [2.75, 3.05) is 37.9 Å². The number of aliphatic hydroxyl groups is 2. The first-order valence-corrected chi connectivity index (χ1v) is 32.3. The molecule has 0 bridgehead atoms. The van der Waals surface area contributed by atoms with Crippen LogP contribution in [0.4, 0.5) is 11.6 Å². The molecule has 0 radical (unpaired) electrons. The van der Waals surface area contributed by atoms with Gasteiger partial charge in [0.25, 0.3) is 6.33 Å². The maximum absolute atomic E-state index is 14.9. The molecule has 91 heavy (non-hydrogen) atoms. The zero-order valence-corrected chi connectivity index (χ0v) is 54.7. The van der Waals surface area contributed by atoms with Gasteiger partial charge < -0.3 is 68.6 Å². The van der Waals surface area contributed by atoms with Gasteiger partial charge in [-0.2, -0.15) is 20.1 Å². The fourth-order valence-electron chi connectivity index (χ4n) is 10.1. The van der Waals surface area contributed by atoms with Crippen LogP contribution in [0.15, 0.2) is 36.9 Å². The molecule has 10 N–H and O–H groups in total. The van der Waals surface area contributed by atoms with Crippen LogP contribution in [0.3, 0.4) is 0 Å². The van der Waals surface area contributed by atoms with Crippen molar-refractivity contribution in [3.05, 3.63) is 48.3 Å². The predicted molar refractivity (Wildman–Crippen MR) is 315 cm³/mol. The molecule has 2 saturated heterocycles. The standard InChI is InChI=1S/C55H80N14O20P2/c1-15-80-49(73)33(9)64-90(78,82-24-40-45(87-48(72)29(2)3)53(14,77)54(25-56,89-40)41-18-16-37-46(58)60-27-61-68(37)41)63-32(8)22-43(71)81-21-20-67-28-62-69-38(47(67)59)17-19-42(69)55(26-57)52(13,76)44(86-36(12)70)39(88-55)23-83-91(79,65-34(10)50(74)84-30(4)5)66-35(11)51(75)85-31(6)7/h16-19,27-35,39-40,44-45,59,76-77H,15,20-24H2,1-14H3,(H6,58,60,61,63,64,65,66,78,79)/p+1. The number of ether oxygens (including phenoxy) is 8. The summed E-state index contributed by atoms with van der Waals surface area (Å²) in [5, 5.41) is 65.5. The fraction of sp³-hybridized carbons (Fsp3) is 0.636. The topological polar surface area (TPSA) is 468 Å². The van der Waals surface area contributed by atoms with Gasteiger partial charge in [0.2, 0.25) is 17.0 Å². The van der Waals surface area contributed by atoms with Crippen LogP contribution in [0.1, 0.15) is 115 Å². The molecule has 0 amide bonds. The minimum absolute atomic E-state index is 0.00388. The molecular formula is C55H81N14O20P2+. The fourth-order valence-corrected chi connectivity index (χ4v) is 13.8. The van der Waals surface area contributed by atoms with Gasteiger partial charge in [-0.05, 0) is 106 Å². The van der Waals surface area contributed by atoms with E-state index in [1.807, 2.05) is 12.1 Å². The quantitative estimate of drug-likeness (QED) is 0.0158. The minimum Gasteiger partial charge on any atom is -0.465 e. The third kappa shape index (κ3) is 15.8. The van der Waals surface area contributed by atoms with Crippen LogP contribution in [0.5, 0.6) is 0 Å². The van der Waals surface area contributed by atoms with Crippen molar-refractivity contribution in [1.29, 1.82) is 10.5 Å². The molecule has 2 aliphatic rings. The van der Waals surface area contributed by atoms with Crippen LogP contribution in [0, 0.1) is 28.6 Å². The number of nitrogens with two attached hydrogens (primary N) is 2. The van der Waals surface area contributed by atoms with Crippen molar-refractivity contribution < 1.29 is 99.6 Å². The van der Waals surface area contributed by atoms with E-state index in [0.717, 1.165) is 13.3 Å². The zero-order valence-electron chi connectivity index (χ0n) is 52.9. The van der Waals surface area contributed by atoms with E-state index in [0.29, 0.717) is 0 Å². The Morgan fingerprint density at radius 2 is 1.18 bits per heavy atom. The highest BCUT2D eigenvalue weighted by atomic mass is 31.2. The van der Waals surface area contributed by atoms with Crippen molar-refractivity contribution in [1.82, 2.24) is 44.6 Å². The number of rotatable bonds is 30. The summed E-state index contributed by atoms with van der Waals surface area (Å²) in [5.41, 5.74) is 3.39. The lowest BCUT2D eigenvalue weighted by Crippen LogP contribution is -2.54. The molecule has 4 aromatic rings. The van der Waals surface area contributed by atoms with E-state index in [1.165, 1.54) is 85.7 Å². The van der Waals surface area contributed by atoms with E-state index in [4.69, 9.17) is 58.4 Å². The second-order valence-electron chi connectivity index (χ2n) is 23.0. The first-order chi connectivity index (χ1) is 42.5. The normalized spacial score (nSPS) is 25.8. The summed E-state index contributed by atoms with van der Waals surface area (Å²) < 4.78 is 90.3. The molecule has 0 aromatic carbocycles. The highest BCUT2D eigenvalue weighted by molar-refractivity contribution is 7.55. The molecule has 34 nitrogen and oxygen atoms in total. The number of nitrogen functional groups attached to an aromatic ring is 2. The van der Waals surface area contributed by atoms with Gasteiger partial charge in [0.05, 0.1) is 50.1 Å². The highest BCUT2D eigenvalue weighted by Gasteiger charge is 2.69. The molecule has 0 saturated carbocycles. The lowest BCUT2D eigenvalue weighted by atomic mass is 9.80. The van der Waals surface area contributed by atoms with Crippen molar-refractivity contribution in [2.24, 2.45) is 5.92 Å². The number of nitrogens with one attached hydrogen (secondary N) is 4. The first kappa shape index (κ1) is 72.8. The summed E-state index contributed by atoms with van der Waals surface area (Å²) in [5.74, 6) is -5.69. The summed E-state index contributed by atoms with van der Waals surface area (Å²) in [7, 11) is -9.10. The van der Waals surface area contributed by atoms with Gasteiger partial charge in [-0.15, -0.1) is 0 Å². The van der Waals surface area contributed by atoms with Crippen LogP contribution in [-0.4, -0.2) is 169 Å². The average molecular weight is 1320 g/mol. The molecule has 2 fully saturated rings. The molecule has 6 rings (SSSR count). The number of anilines is 2. The van der Waals surface area contributed by atoms with Gasteiger partial charge in [0.15, 0.2) is 23.5 Å². The van der Waals surface area contributed by atoms with E-state index in [2.05, 4.69) is 35.5 Å². The van der Waals surface area contributed by atoms with E-state index in [-0.39, 0.29) is 53.8 Å². The lowest BCUT2D eigenvalue weighted by molar-refractivity contribution is -0.686. The van der Waals surface area contributed by atoms with E-state index >= 15 is 0 Å². The predicted octanol–water partition coefficient (Wildman–Crippen LogP) is 1.33. The number of carbonyl (C=O) groups excluding carboxylic acids is 6. The Balaban J connectivity index is 1.18. The molecule has 0 aliphatic carbocycles. The van der Waals surface area contributed by atoms with Crippen molar-refractivity contribution in [3.8, 4) is 12.1 Å². The van der Waals surface area contributed by atoms with E-state index in [9.17, 15) is 58.6 Å². The van der Waals surface area contributed by atoms with Gasteiger partial charge in [-0.1, -0.05) is 13.8 Å². The largest absolute Gasteiger partial charge is 0.465 e. The number of carbonyl (C=O) groups is 6. The highest BCUT2D eigenvalue weighted by Crippen LogP contribution is 2.52. The lowest BCUT2D eigenvalue weighted by Gasteiger charge is -2.34. The molecule has 13 atom stereocenters. The molecule has 4 aromatic heterocycles. The third-order valence-corrected chi connectivity index (χ3v) is 18.6. The van der Waals surface area contributed by atoms with Crippen LogP contribution in [0.25, 0.3) is 11.0 Å². The Hall–Kier alpha value is -7.30. The zero-order chi connectivity index (χ0) is 67.9. The second-order valence-corrected chi connectivity index (χ2v) is 26.8. The monoisotopic (exact) mass is 1320 g/mol. The van der Waals surface area contributed by atoms with Crippen molar-refractivity contribution in [3.63, 3.8) is 0 Å². The van der Waals surface area contributed by atoms with E-state index in [1.54, 1.807) is 48.5 Å². The summed E-state index contributed by atoms with van der Waals surface area (Å²) in [6.45, 7) is 17.9. The summed E-state index contributed by atoms with van der Waals surface area (Å²) in [6.07, 6.45) is -5.71. The number of nitrogens with zero attached hydrogens (tertiary/aromatic N) is 8. The number of hydrogen-bond donors (Lipinski definition) is 8. The molecule has 0 spiro atoms. The molecule has 13 unspecified atom stereocenters. The SMILES string of the molecule is CCOC(=O)C(C)NP(=O)(NC(C)CC(=O)OCC[n+]1cnn2c(C3(C#N)OC(COP(=O)(NC(C)C(=O)OC(C)C)NC(C)C(=O)OC(C)C)C(OC(C)=O)C3(C)O)ccc2c1N)OCC1OC(C#N)(c2ccc3c(N)ncnn23)C(C)(O)C1OC(=O)C(C)C. The number of fused-ring (bicyclic) bond motifs is 2. The van der Waals surface area contributed by atoms with Gasteiger partial charge >= 0.3 is 51.2 Å². The second kappa shape index (κ2) is 29.1. The van der Waals surface area contributed by atoms with Crippen molar-refractivity contribution >= 4 is 73.8 Å². The average Bonchev–Trinajstić information content (AvgIpc) is 1.57. The Labute approximate surface area is 524 Å². The maximum atomic E-state index is 14.9. The molecular weight excluding hydrogens is 1240 g/mol. The molecule has 500 valence electrons. The van der Waals surface area contributed by atoms with Crippen molar-refractivity contribution in [2.45, 2.75) is 193 Å². The smallest absolute Gasteiger partial charge is 0.342 e. The van der Waals surface area contributed by atoms with Gasteiger partial charge in [-0.3, -0.25) is 37.9 Å². The summed E-state index contributed by atoms with van der Waals surface area (Å²) >= 11 is 0. The summed E-state index contributed by atoms with van der Waals surface area (Å²) in [6, 6.07) is 4.80. The Morgan fingerprint density at radius 3 is 1.65 bits per heavy atom. The van der Waals surface area contributed by atoms with Crippen LogP contribution in [-0.2, 0) is 103 Å². The Morgan fingerprint density at radius 1 is 0.703 bits per heavy atom. The summed E-state index contributed by atoms with van der Waals surface area (Å²) in [4.78, 5) is 81.9. The van der Waals surface area contributed by atoms with E-state index < -0.39 is 160 Å². The number of esters is 6. The Bertz CT molecular complexity index is 3500. The molecule has 36 heteroatoms. The third-order valence-electron chi connectivity index (χ3n) is 14.6. The number of hydrogen-bond acceptors (Lipinski definition) is 27. The maximum Gasteiger partial charge on any atom is 0.342 e. The van der Waals surface area contributed by atoms with Crippen LogP contribution < -0.4 is 36.4 Å². The first-order valence-electron chi connectivity index (χ1n) is 29.0. The molecule has 2 aliphatic heterocycles.